The van der Waals surface area contributed by atoms with Crippen molar-refractivity contribution in [1.82, 2.24) is 5.32 Å². The summed E-state index contributed by atoms with van der Waals surface area (Å²) < 4.78 is 28.9. The number of fused-ring (bicyclic) bond motifs is 1. The lowest BCUT2D eigenvalue weighted by atomic mass is 9.95. The molecule has 2 amide bonds. The summed E-state index contributed by atoms with van der Waals surface area (Å²) in [5.74, 6) is 2.13. The molecule has 2 atom stereocenters. The maximum atomic E-state index is 14.3. The monoisotopic (exact) mass is 534 g/mol. The van der Waals surface area contributed by atoms with E-state index in [1.165, 1.54) is 19.1 Å². The zero-order valence-electron chi connectivity index (χ0n) is 22.5. The number of para-hydroxylation sites is 2. The Bertz CT molecular complexity index is 1290. The third kappa shape index (κ3) is 5.82. The van der Waals surface area contributed by atoms with Gasteiger partial charge < -0.3 is 28.7 Å². The van der Waals surface area contributed by atoms with Crippen LogP contribution in [0.15, 0.2) is 59.0 Å². The molecule has 1 N–H and O–H groups in total. The zero-order valence-corrected chi connectivity index (χ0v) is 22.5. The Kier molecular flexibility index (Phi) is 7.95. The highest BCUT2D eigenvalue weighted by molar-refractivity contribution is 6.03. The lowest BCUT2D eigenvalue weighted by Crippen LogP contribution is -2.52. The van der Waals surface area contributed by atoms with E-state index in [0.717, 1.165) is 32.1 Å². The number of nitrogens with zero attached hydrogens (tertiary/aromatic N) is 1. The second kappa shape index (κ2) is 11.7. The van der Waals surface area contributed by atoms with E-state index in [2.05, 4.69) is 5.32 Å². The fourth-order valence-electron chi connectivity index (χ4n) is 5.13. The number of rotatable bonds is 8. The molecule has 1 saturated carbocycles. The number of aryl methyl sites for hydroxylation is 1. The van der Waals surface area contributed by atoms with Crippen LogP contribution in [0.2, 0.25) is 0 Å². The lowest BCUT2D eigenvalue weighted by Gasteiger charge is -2.35. The zero-order chi connectivity index (χ0) is 27.4. The number of hydrogen-bond acceptors (Lipinski definition) is 7. The molecule has 0 unspecified atom stereocenters. The van der Waals surface area contributed by atoms with Crippen LogP contribution in [-0.2, 0) is 9.59 Å². The smallest absolute Gasteiger partial charge is 0.272 e. The summed E-state index contributed by atoms with van der Waals surface area (Å²) in [6, 6.07) is 14.7. The second-order valence-corrected chi connectivity index (χ2v) is 9.84. The Morgan fingerprint density at radius 1 is 0.949 bits per heavy atom. The van der Waals surface area contributed by atoms with Gasteiger partial charge in [0.05, 0.1) is 19.9 Å². The number of nitrogens with one attached hydrogen (secondary N) is 1. The second-order valence-electron chi connectivity index (χ2n) is 9.84. The predicted molar refractivity (Wildman–Crippen MR) is 145 cm³/mol. The van der Waals surface area contributed by atoms with Gasteiger partial charge in [0.2, 0.25) is 6.10 Å². The molecule has 0 bridgehead atoms. The Balaban J connectivity index is 1.58. The summed E-state index contributed by atoms with van der Waals surface area (Å²) in [5.41, 5.74) is 0.400. The molecule has 3 aromatic rings. The molecule has 1 fully saturated rings. The van der Waals surface area contributed by atoms with Gasteiger partial charge in [-0.3, -0.25) is 14.5 Å². The summed E-state index contributed by atoms with van der Waals surface area (Å²) in [5, 5.41) is 3.18. The first kappa shape index (κ1) is 26.5. The molecule has 1 aliphatic heterocycles. The van der Waals surface area contributed by atoms with Gasteiger partial charge in [0, 0.05) is 24.2 Å². The van der Waals surface area contributed by atoms with Crippen molar-refractivity contribution in [3.63, 3.8) is 0 Å². The number of carbonyl (C=O) groups is 2. The average molecular weight is 535 g/mol. The summed E-state index contributed by atoms with van der Waals surface area (Å²) in [7, 11) is 3.06. The van der Waals surface area contributed by atoms with Gasteiger partial charge in [-0.05, 0) is 44.0 Å². The van der Waals surface area contributed by atoms with Crippen molar-refractivity contribution < 1.29 is 33.0 Å². The van der Waals surface area contributed by atoms with Crippen LogP contribution in [0.4, 0.5) is 5.69 Å². The fourth-order valence-corrected chi connectivity index (χ4v) is 5.13. The normalized spacial score (nSPS) is 17.7. The molecule has 2 aliphatic rings. The van der Waals surface area contributed by atoms with Crippen LogP contribution in [0.25, 0.3) is 0 Å². The molecule has 0 spiro atoms. The van der Waals surface area contributed by atoms with Gasteiger partial charge in [0.25, 0.3) is 11.8 Å². The summed E-state index contributed by atoms with van der Waals surface area (Å²) in [6.07, 6.45) is 4.05. The van der Waals surface area contributed by atoms with Crippen molar-refractivity contribution in [1.29, 1.82) is 0 Å². The van der Waals surface area contributed by atoms with E-state index in [4.69, 9.17) is 23.4 Å². The standard InChI is InChI=1S/C30H34N2O7/c1-19-13-14-26(38-19)28(29(33)31-20-9-5-4-6-10-20)32(21-15-22(35-2)17-23(16-21)36-3)30(34)27-18-37-24-11-7-8-12-25(24)39-27/h7-8,11-17,20,27-28H,4-6,9-10,18H2,1-3H3,(H,31,33)/t27-,28+/m0/s1. The van der Waals surface area contributed by atoms with E-state index in [1.54, 1.807) is 49.4 Å². The highest BCUT2D eigenvalue weighted by Gasteiger charge is 2.41. The summed E-state index contributed by atoms with van der Waals surface area (Å²) in [4.78, 5) is 29.8. The molecule has 9 heteroatoms. The van der Waals surface area contributed by atoms with Crippen molar-refractivity contribution in [2.45, 2.75) is 57.2 Å². The van der Waals surface area contributed by atoms with E-state index in [9.17, 15) is 9.59 Å². The van der Waals surface area contributed by atoms with Crippen LogP contribution in [0, 0.1) is 6.92 Å². The lowest BCUT2D eigenvalue weighted by molar-refractivity contribution is -0.132. The third-order valence-corrected chi connectivity index (χ3v) is 7.12. The topological polar surface area (TPSA) is 99.5 Å². The maximum Gasteiger partial charge on any atom is 0.272 e. The van der Waals surface area contributed by atoms with Crippen LogP contribution in [-0.4, -0.2) is 44.8 Å². The van der Waals surface area contributed by atoms with Gasteiger partial charge >= 0.3 is 0 Å². The highest BCUT2D eigenvalue weighted by atomic mass is 16.6. The van der Waals surface area contributed by atoms with E-state index >= 15 is 0 Å². The molecule has 2 aromatic carbocycles. The predicted octanol–water partition coefficient (Wildman–Crippen LogP) is 4.97. The molecule has 5 rings (SSSR count). The summed E-state index contributed by atoms with van der Waals surface area (Å²) >= 11 is 0. The van der Waals surface area contributed by atoms with Gasteiger partial charge in [-0.2, -0.15) is 0 Å². The van der Waals surface area contributed by atoms with Crippen molar-refractivity contribution >= 4 is 17.5 Å². The maximum absolute atomic E-state index is 14.3. The van der Waals surface area contributed by atoms with E-state index in [-0.39, 0.29) is 18.6 Å². The Labute approximate surface area is 228 Å². The van der Waals surface area contributed by atoms with E-state index < -0.39 is 18.1 Å². The molecule has 2 heterocycles. The number of hydrogen-bond donors (Lipinski definition) is 1. The number of furan rings is 1. The quantitative estimate of drug-likeness (QED) is 0.436. The molecule has 206 valence electrons. The Morgan fingerprint density at radius 2 is 1.64 bits per heavy atom. The largest absolute Gasteiger partial charge is 0.497 e. The van der Waals surface area contributed by atoms with Crippen LogP contribution < -0.4 is 29.2 Å². The molecule has 1 aliphatic carbocycles. The minimum Gasteiger partial charge on any atom is -0.497 e. The van der Waals surface area contributed by atoms with Gasteiger partial charge in [-0.1, -0.05) is 31.4 Å². The van der Waals surface area contributed by atoms with Crippen LogP contribution >= 0.6 is 0 Å². The van der Waals surface area contributed by atoms with Crippen LogP contribution in [0.1, 0.15) is 49.7 Å². The number of benzene rings is 2. The number of anilines is 1. The first-order chi connectivity index (χ1) is 19.0. The first-order valence-corrected chi connectivity index (χ1v) is 13.3. The SMILES string of the molecule is COc1cc(OC)cc(N(C(=O)[C@@H]2COc3ccccc3O2)[C@@H](C(=O)NC2CCCCC2)c2ccc(C)o2)c1. The molecular weight excluding hydrogens is 500 g/mol. The Morgan fingerprint density at radius 3 is 2.28 bits per heavy atom. The van der Waals surface area contributed by atoms with Crippen molar-refractivity contribution in [2.75, 3.05) is 25.7 Å². The molecule has 0 radical (unpaired) electrons. The van der Waals surface area contributed by atoms with Gasteiger partial charge in [-0.25, -0.2) is 0 Å². The number of amides is 2. The third-order valence-electron chi connectivity index (χ3n) is 7.12. The van der Waals surface area contributed by atoms with Crippen LogP contribution in [0.5, 0.6) is 23.0 Å². The first-order valence-electron chi connectivity index (χ1n) is 13.3. The van der Waals surface area contributed by atoms with Crippen molar-refractivity contribution in [3.8, 4) is 23.0 Å². The van der Waals surface area contributed by atoms with Crippen molar-refractivity contribution in [2.24, 2.45) is 0 Å². The van der Waals surface area contributed by atoms with Crippen molar-refractivity contribution in [3.05, 3.63) is 66.1 Å². The fraction of sp³-hybridized carbons (Fsp3) is 0.400. The molecular formula is C30H34N2O7. The molecule has 39 heavy (non-hydrogen) atoms. The average Bonchev–Trinajstić information content (AvgIpc) is 3.40. The van der Waals surface area contributed by atoms with Gasteiger partial charge in [-0.15, -0.1) is 0 Å². The minimum absolute atomic E-state index is 0.0123. The minimum atomic E-state index is -1.11. The molecule has 0 saturated heterocycles. The Hall–Kier alpha value is -4.14. The number of carbonyl (C=O) groups excluding carboxylic acids is 2. The summed E-state index contributed by atoms with van der Waals surface area (Å²) in [6.45, 7) is 1.79. The van der Waals surface area contributed by atoms with E-state index in [0.29, 0.717) is 40.2 Å². The highest BCUT2D eigenvalue weighted by Crippen LogP contribution is 2.37. The molecule has 9 nitrogen and oxygen atoms in total. The van der Waals surface area contributed by atoms with Crippen LogP contribution in [0.3, 0.4) is 0 Å². The van der Waals surface area contributed by atoms with Gasteiger partial charge in [0.15, 0.2) is 17.5 Å². The number of methoxy groups -OCH3 is 2. The van der Waals surface area contributed by atoms with E-state index in [1.807, 2.05) is 12.1 Å². The van der Waals surface area contributed by atoms with Gasteiger partial charge in [0.1, 0.15) is 29.6 Å². The number of ether oxygens (including phenoxy) is 4. The molecule has 1 aromatic heterocycles.